The molecule has 5 nitrogen and oxygen atoms in total. The van der Waals surface area contributed by atoms with Gasteiger partial charge < -0.3 is 4.98 Å². The van der Waals surface area contributed by atoms with Crippen LogP contribution in [0.4, 0.5) is 0 Å². The summed E-state index contributed by atoms with van der Waals surface area (Å²) in [6.07, 6.45) is 1.28. The molecule has 0 atom stereocenters. The third kappa shape index (κ3) is 1.05. The Bertz CT molecular complexity index is 567. The van der Waals surface area contributed by atoms with Crippen LogP contribution in [0.2, 0.25) is 0 Å². The van der Waals surface area contributed by atoms with Gasteiger partial charge >= 0.3 is 0 Å². The third-order valence-corrected chi connectivity index (χ3v) is 1.91. The summed E-state index contributed by atoms with van der Waals surface area (Å²) in [4.78, 5) is 28.7. The molecule has 5 heteroatoms. The van der Waals surface area contributed by atoms with Crippen LogP contribution in [-0.2, 0) is 7.05 Å². The van der Waals surface area contributed by atoms with Crippen LogP contribution >= 0.6 is 0 Å². The van der Waals surface area contributed by atoms with E-state index in [4.69, 9.17) is 0 Å². The predicted octanol–water partition coefficient (Wildman–Crippen LogP) is -0.378. The zero-order valence-electron chi connectivity index (χ0n) is 6.94. The number of hydrogen-bond acceptors (Lipinski definition) is 3. The Morgan fingerprint density at radius 3 is 2.92 bits per heavy atom. The number of H-pyrrole nitrogens is 1. The Labute approximate surface area is 72.7 Å². The lowest BCUT2D eigenvalue weighted by molar-refractivity contribution is 0.881. The van der Waals surface area contributed by atoms with E-state index < -0.39 is 0 Å². The number of hydrogen-bond donors (Lipinski definition) is 1. The standard InChI is InChI=1S/C8H7N3O2/c1-11-6(12)3-2-5-7(11)9-4-10-8(5)13/h2-4H,1H3,(H,9,10,13). The lowest BCUT2D eigenvalue weighted by Crippen LogP contribution is -2.19. The van der Waals surface area contributed by atoms with E-state index in [0.29, 0.717) is 11.0 Å². The highest BCUT2D eigenvalue weighted by Crippen LogP contribution is 1.98. The zero-order chi connectivity index (χ0) is 9.42. The predicted molar refractivity (Wildman–Crippen MR) is 47.6 cm³/mol. The highest BCUT2D eigenvalue weighted by atomic mass is 16.1. The number of aryl methyl sites for hydroxylation is 1. The molecule has 13 heavy (non-hydrogen) atoms. The second-order valence-electron chi connectivity index (χ2n) is 2.70. The molecule has 0 bridgehead atoms. The van der Waals surface area contributed by atoms with Crippen LogP contribution in [0.1, 0.15) is 0 Å². The second-order valence-corrected chi connectivity index (χ2v) is 2.70. The second kappa shape index (κ2) is 2.55. The molecule has 0 aliphatic rings. The first-order valence-electron chi connectivity index (χ1n) is 3.73. The molecule has 0 aromatic carbocycles. The Balaban J connectivity index is 3.12. The van der Waals surface area contributed by atoms with E-state index in [9.17, 15) is 9.59 Å². The summed E-state index contributed by atoms with van der Waals surface area (Å²) >= 11 is 0. The van der Waals surface area contributed by atoms with Gasteiger partial charge in [-0.05, 0) is 6.07 Å². The van der Waals surface area contributed by atoms with Gasteiger partial charge in [0.15, 0.2) is 0 Å². The van der Waals surface area contributed by atoms with Gasteiger partial charge in [-0.15, -0.1) is 0 Å². The highest BCUT2D eigenvalue weighted by molar-refractivity contribution is 5.72. The van der Waals surface area contributed by atoms with E-state index in [1.165, 1.54) is 23.0 Å². The van der Waals surface area contributed by atoms with Crippen LogP contribution in [-0.4, -0.2) is 14.5 Å². The molecule has 0 aliphatic heterocycles. The van der Waals surface area contributed by atoms with E-state index in [-0.39, 0.29) is 11.1 Å². The fourth-order valence-corrected chi connectivity index (χ4v) is 1.19. The molecule has 1 N–H and O–H groups in total. The smallest absolute Gasteiger partial charge is 0.260 e. The first-order valence-corrected chi connectivity index (χ1v) is 3.73. The molecule has 2 aromatic heterocycles. The number of nitrogens with one attached hydrogen (secondary N) is 1. The summed E-state index contributed by atoms with van der Waals surface area (Å²) in [7, 11) is 1.58. The third-order valence-electron chi connectivity index (χ3n) is 1.91. The first kappa shape index (κ1) is 7.72. The quantitative estimate of drug-likeness (QED) is 0.596. The lowest BCUT2D eigenvalue weighted by Gasteiger charge is -2.00. The Morgan fingerprint density at radius 2 is 2.15 bits per heavy atom. The van der Waals surface area contributed by atoms with Gasteiger partial charge in [0.05, 0.1) is 11.7 Å². The van der Waals surface area contributed by atoms with Crippen molar-refractivity contribution in [3.63, 3.8) is 0 Å². The van der Waals surface area contributed by atoms with Gasteiger partial charge in [-0.25, -0.2) is 4.98 Å². The van der Waals surface area contributed by atoms with Gasteiger partial charge in [-0.1, -0.05) is 0 Å². The molecule has 0 amide bonds. The maximum absolute atomic E-state index is 11.2. The average Bonchev–Trinajstić information content (AvgIpc) is 2.12. The fraction of sp³-hybridized carbons (Fsp3) is 0.125. The molecule has 0 aliphatic carbocycles. The van der Waals surface area contributed by atoms with E-state index in [1.54, 1.807) is 7.05 Å². The molecule has 2 aromatic rings. The molecule has 66 valence electrons. The van der Waals surface area contributed by atoms with E-state index in [1.807, 2.05) is 0 Å². The summed E-state index contributed by atoms with van der Waals surface area (Å²) in [5, 5.41) is 0.421. The van der Waals surface area contributed by atoms with Gasteiger partial charge in [0.2, 0.25) is 0 Å². The van der Waals surface area contributed by atoms with E-state index in [2.05, 4.69) is 9.97 Å². The van der Waals surface area contributed by atoms with Gasteiger partial charge in [-0.2, -0.15) is 0 Å². The Kier molecular flexibility index (Phi) is 1.51. The monoisotopic (exact) mass is 177 g/mol. The molecular formula is C8H7N3O2. The van der Waals surface area contributed by atoms with Crippen molar-refractivity contribution < 1.29 is 0 Å². The van der Waals surface area contributed by atoms with Crippen molar-refractivity contribution in [1.82, 2.24) is 14.5 Å². The van der Waals surface area contributed by atoms with Gasteiger partial charge in [0.1, 0.15) is 5.65 Å². The van der Waals surface area contributed by atoms with Crippen molar-refractivity contribution in [2.75, 3.05) is 0 Å². The maximum Gasteiger partial charge on any atom is 0.260 e. The van der Waals surface area contributed by atoms with Crippen LogP contribution < -0.4 is 11.1 Å². The normalized spacial score (nSPS) is 10.5. The van der Waals surface area contributed by atoms with Crippen molar-refractivity contribution in [2.24, 2.45) is 7.05 Å². The number of aromatic amines is 1. The van der Waals surface area contributed by atoms with Gasteiger partial charge in [0, 0.05) is 13.1 Å². The molecule has 0 unspecified atom stereocenters. The van der Waals surface area contributed by atoms with Crippen molar-refractivity contribution in [3.05, 3.63) is 39.2 Å². The van der Waals surface area contributed by atoms with Crippen molar-refractivity contribution >= 4 is 11.0 Å². The zero-order valence-corrected chi connectivity index (χ0v) is 6.94. The lowest BCUT2D eigenvalue weighted by atomic mass is 10.3. The fourth-order valence-electron chi connectivity index (χ4n) is 1.19. The molecular weight excluding hydrogens is 170 g/mol. The number of aromatic nitrogens is 3. The minimum Gasteiger partial charge on any atom is -0.313 e. The van der Waals surface area contributed by atoms with Crippen molar-refractivity contribution in [2.45, 2.75) is 0 Å². The van der Waals surface area contributed by atoms with Crippen molar-refractivity contribution in [3.8, 4) is 0 Å². The summed E-state index contributed by atoms with van der Waals surface area (Å²) in [5.74, 6) is 0. The van der Waals surface area contributed by atoms with Crippen LogP contribution in [0.15, 0.2) is 28.0 Å². The maximum atomic E-state index is 11.2. The molecule has 0 saturated heterocycles. The van der Waals surface area contributed by atoms with Crippen molar-refractivity contribution in [1.29, 1.82) is 0 Å². The van der Waals surface area contributed by atoms with E-state index in [0.717, 1.165) is 0 Å². The Morgan fingerprint density at radius 1 is 1.38 bits per heavy atom. The minimum absolute atomic E-state index is 0.175. The molecule has 2 rings (SSSR count). The minimum atomic E-state index is -0.236. The van der Waals surface area contributed by atoms with Crippen LogP contribution in [0, 0.1) is 0 Å². The summed E-state index contributed by atoms with van der Waals surface area (Å²) < 4.78 is 1.34. The highest BCUT2D eigenvalue weighted by Gasteiger charge is 2.01. The van der Waals surface area contributed by atoms with Crippen LogP contribution in [0.25, 0.3) is 11.0 Å². The summed E-state index contributed by atoms with van der Waals surface area (Å²) in [6.45, 7) is 0. The molecule has 0 radical (unpaired) electrons. The number of pyridine rings is 1. The van der Waals surface area contributed by atoms with Crippen LogP contribution in [0.3, 0.4) is 0 Å². The number of nitrogens with zero attached hydrogens (tertiary/aromatic N) is 2. The number of rotatable bonds is 0. The Hall–Kier alpha value is -1.91. The first-order chi connectivity index (χ1) is 6.20. The molecule has 0 fully saturated rings. The molecule has 2 heterocycles. The average molecular weight is 177 g/mol. The van der Waals surface area contributed by atoms with Gasteiger partial charge in [-0.3, -0.25) is 14.2 Å². The van der Waals surface area contributed by atoms with Crippen LogP contribution in [0.5, 0.6) is 0 Å². The SMILES string of the molecule is Cn1c(=O)ccc2c(=O)[nH]cnc21. The van der Waals surface area contributed by atoms with Gasteiger partial charge in [0.25, 0.3) is 11.1 Å². The summed E-state index contributed by atoms with van der Waals surface area (Å²) in [6, 6.07) is 2.82. The summed E-state index contributed by atoms with van der Waals surface area (Å²) in [5.41, 5.74) is -0.0116. The molecule has 0 saturated carbocycles. The van der Waals surface area contributed by atoms with E-state index >= 15 is 0 Å². The topological polar surface area (TPSA) is 67.8 Å². The number of fused-ring (bicyclic) bond motifs is 1. The molecule has 0 spiro atoms. The largest absolute Gasteiger partial charge is 0.313 e.